The maximum atomic E-state index is 4.98. The first kappa shape index (κ1) is 70.1. The fraction of sp³-hybridized carbons (Fsp3) is 0.0400. The third-order valence-electron chi connectivity index (χ3n) is 20.4. The van der Waals surface area contributed by atoms with E-state index in [-0.39, 0.29) is 0 Å². The fourth-order valence-corrected chi connectivity index (χ4v) is 14.7. The monoisotopic (exact) mass is 1450 g/mol. The molecular formula is C100H80N12. The first-order valence-electron chi connectivity index (χ1n) is 37.6. The summed E-state index contributed by atoms with van der Waals surface area (Å²) in [6.07, 6.45) is 0. The van der Waals surface area contributed by atoms with E-state index in [1.807, 2.05) is 72.8 Å². The van der Waals surface area contributed by atoms with Gasteiger partial charge in [-0.05, 0) is 193 Å². The third-order valence-corrected chi connectivity index (χ3v) is 20.4. The Labute approximate surface area is 651 Å². The van der Waals surface area contributed by atoms with Gasteiger partial charge in [-0.25, -0.2) is 19.9 Å². The molecule has 0 N–H and O–H groups in total. The van der Waals surface area contributed by atoms with E-state index in [9.17, 15) is 0 Å². The van der Waals surface area contributed by atoms with E-state index in [2.05, 4.69) is 406 Å². The highest BCUT2D eigenvalue weighted by Gasteiger charge is 2.22. The van der Waals surface area contributed by atoms with Crippen molar-refractivity contribution in [1.29, 1.82) is 0 Å². The van der Waals surface area contributed by atoms with Gasteiger partial charge in [0.1, 0.15) is 11.6 Å². The highest BCUT2D eigenvalue weighted by molar-refractivity contribution is 5.98. The van der Waals surface area contributed by atoms with Crippen molar-refractivity contribution in [2.24, 2.45) is 0 Å². The second-order valence-corrected chi connectivity index (χ2v) is 27.3. The minimum atomic E-state index is 0.902. The summed E-state index contributed by atoms with van der Waals surface area (Å²) in [5.74, 6) is 3.70. The summed E-state index contributed by atoms with van der Waals surface area (Å²) >= 11 is 0. The number of nitrogens with zero attached hydrogens (tertiary/aromatic N) is 12. The molecule has 12 nitrogen and oxygen atoms in total. The van der Waals surface area contributed by atoms with Gasteiger partial charge in [-0.2, -0.15) is 0 Å². The van der Waals surface area contributed by atoms with Gasteiger partial charge in [0.25, 0.3) is 0 Å². The first-order valence-corrected chi connectivity index (χ1v) is 37.6. The van der Waals surface area contributed by atoms with Gasteiger partial charge >= 0.3 is 0 Å². The molecule has 0 saturated heterocycles. The molecule has 0 radical (unpaired) electrons. The quantitative estimate of drug-likeness (QED) is 0.106. The summed E-state index contributed by atoms with van der Waals surface area (Å²) in [7, 11) is 8.35. The van der Waals surface area contributed by atoms with Crippen LogP contribution in [0.4, 0.5) is 46.0 Å². The Morgan fingerprint density at radius 2 is 0.464 bits per heavy atom. The highest BCUT2D eigenvalue weighted by Crippen LogP contribution is 2.39. The molecule has 112 heavy (non-hydrogen) atoms. The van der Waals surface area contributed by atoms with E-state index in [0.29, 0.717) is 0 Å². The van der Waals surface area contributed by atoms with Crippen molar-refractivity contribution in [2.75, 3.05) is 47.8 Å². The van der Waals surface area contributed by atoms with Crippen molar-refractivity contribution in [3.63, 3.8) is 0 Å². The van der Waals surface area contributed by atoms with Crippen LogP contribution in [0.1, 0.15) is 0 Å². The Bertz CT molecular complexity index is 6550. The highest BCUT2D eigenvalue weighted by atomic mass is 15.3. The number of para-hydroxylation sites is 14. The van der Waals surface area contributed by atoms with Gasteiger partial charge in [-0.15, -0.1) is 0 Å². The van der Waals surface area contributed by atoms with Gasteiger partial charge in [0.05, 0.1) is 49.8 Å². The van der Waals surface area contributed by atoms with Crippen LogP contribution in [-0.4, -0.2) is 66.4 Å². The minimum absolute atomic E-state index is 0.902. The number of rotatable bonds is 14. The average Bonchev–Trinajstić information content (AvgIpc) is 1.49. The molecule has 20 aromatic rings. The molecule has 16 aromatic carbocycles. The Kier molecular flexibility index (Phi) is 20.0. The molecule has 0 aliphatic carbocycles. The number of hydrogen-bond acceptors (Lipinski definition) is 8. The summed E-state index contributed by atoms with van der Waals surface area (Å²) in [5.41, 5.74) is 21.9. The van der Waals surface area contributed by atoms with Crippen molar-refractivity contribution in [3.8, 4) is 45.5 Å². The van der Waals surface area contributed by atoms with Gasteiger partial charge in [0.15, 0.2) is 0 Å². The van der Waals surface area contributed by atoms with Crippen LogP contribution in [-0.2, 0) is 0 Å². The largest absolute Gasteiger partial charge is 0.345 e. The van der Waals surface area contributed by atoms with Crippen LogP contribution in [0.25, 0.3) is 111 Å². The number of imidazole rings is 4. The van der Waals surface area contributed by atoms with Crippen LogP contribution in [0.15, 0.2) is 413 Å². The smallest absolute Gasteiger partial charge is 0.215 e. The second kappa shape index (κ2) is 31.9. The van der Waals surface area contributed by atoms with Gasteiger partial charge in [-0.1, -0.05) is 231 Å². The molecule has 0 bridgehead atoms. The van der Waals surface area contributed by atoms with Crippen LogP contribution in [0, 0.1) is 0 Å². The van der Waals surface area contributed by atoms with Crippen LogP contribution < -0.4 is 19.6 Å². The number of benzene rings is 16. The van der Waals surface area contributed by atoms with Gasteiger partial charge in [-0.3, -0.25) is 18.3 Å². The van der Waals surface area contributed by atoms with E-state index in [1.54, 1.807) is 0 Å². The van der Waals surface area contributed by atoms with Crippen molar-refractivity contribution in [2.45, 2.75) is 0 Å². The van der Waals surface area contributed by atoms with Crippen molar-refractivity contribution in [3.05, 3.63) is 413 Å². The first-order chi connectivity index (χ1) is 55.3. The predicted octanol–water partition coefficient (Wildman–Crippen LogP) is 24.8. The van der Waals surface area contributed by atoms with E-state index < -0.39 is 0 Å². The molecule has 0 aliphatic heterocycles. The van der Waals surface area contributed by atoms with Crippen molar-refractivity contribution >= 4 is 112 Å². The van der Waals surface area contributed by atoms with Crippen LogP contribution in [0.3, 0.4) is 0 Å². The SMILES string of the molecule is CN(c1ccc(-c2nc3ccccc3n2-c2ccccc2)cc1)c1cccc2ccccc12.CN(c1cccc2ccccc12)c1nc2ccccc2n1-c1ccccc1.CN(c1ccccc1)c1ccc(-c2nc3ccccc3n2-c2ccccc2)cc1.CN(c1ccccc1)c1nc2ccccc2n1-c1ccccc1. The molecule has 0 amide bonds. The van der Waals surface area contributed by atoms with Crippen LogP contribution in [0.5, 0.6) is 0 Å². The summed E-state index contributed by atoms with van der Waals surface area (Å²) in [5, 5.41) is 4.94. The second-order valence-electron chi connectivity index (χ2n) is 27.3. The molecule has 0 unspecified atom stereocenters. The molecule has 20 rings (SSSR count). The topological polar surface area (TPSA) is 84.2 Å². The summed E-state index contributed by atoms with van der Waals surface area (Å²) in [6, 6.07) is 142. The molecule has 0 fully saturated rings. The number of fused-ring (bicyclic) bond motifs is 6. The predicted molar refractivity (Wildman–Crippen MR) is 468 cm³/mol. The minimum Gasteiger partial charge on any atom is -0.345 e. The van der Waals surface area contributed by atoms with Crippen molar-refractivity contribution < 1.29 is 0 Å². The Morgan fingerprint density at radius 3 is 0.857 bits per heavy atom. The average molecular weight is 1450 g/mol. The molecule has 540 valence electrons. The zero-order valence-corrected chi connectivity index (χ0v) is 62.6. The lowest BCUT2D eigenvalue weighted by molar-refractivity contribution is 1.01. The number of hydrogen-bond donors (Lipinski definition) is 0. The Hall–Kier alpha value is -14.9. The van der Waals surface area contributed by atoms with E-state index >= 15 is 0 Å². The summed E-state index contributed by atoms with van der Waals surface area (Å²) < 4.78 is 8.88. The van der Waals surface area contributed by atoms with Gasteiger partial charge in [0, 0.05) is 101 Å². The van der Waals surface area contributed by atoms with Crippen molar-refractivity contribution in [1.82, 2.24) is 38.2 Å². The summed E-state index contributed by atoms with van der Waals surface area (Å²) in [6.45, 7) is 0. The molecule has 0 saturated carbocycles. The van der Waals surface area contributed by atoms with Crippen LogP contribution in [0.2, 0.25) is 0 Å². The molecular weight excluding hydrogens is 1370 g/mol. The fourth-order valence-electron chi connectivity index (χ4n) is 14.7. The molecule has 0 aliphatic rings. The molecule has 12 heteroatoms. The third kappa shape index (κ3) is 14.3. The lowest BCUT2D eigenvalue weighted by atomic mass is 10.1. The maximum absolute atomic E-state index is 4.98. The van der Waals surface area contributed by atoms with Gasteiger partial charge < -0.3 is 19.6 Å². The Morgan fingerprint density at radius 1 is 0.196 bits per heavy atom. The molecule has 4 heterocycles. The zero-order valence-electron chi connectivity index (χ0n) is 62.6. The molecule has 0 spiro atoms. The maximum Gasteiger partial charge on any atom is 0.215 e. The lowest BCUT2D eigenvalue weighted by Gasteiger charge is -2.22. The number of aromatic nitrogens is 8. The van der Waals surface area contributed by atoms with E-state index in [4.69, 9.17) is 19.9 Å². The van der Waals surface area contributed by atoms with Gasteiger partial charge in [0.2, 0.25) is 11.9 Å². The standard InChI is InChI=1S/C30H23N3.C26H21N3.C24H19N3.C20H17N3/c1-32(28-17-9-11-22-10-5-6-14-26(22)28)24-20-18-23(19-21-24)30-31-27-15-7-8-16-29(27)33(30)25-12-3-2-4-13-25;1-28(21-10-4-2-5-11-21)22-18-16-20(17-19-22)26-27-24-14-8-9-15-25(24)29(26)23-12-6-3-7-13-23;1-26(22-17-9-11-18-10-5-6-14-20(18)22)24-25-21-15-7-8-16-23(21)27(24)19-12-3-2-4-13-19;1-22(16-10-4-2-5-11-16)20-21-18-14-8-9-15-19(18)23(20)17-12-6-3-7-13-17/h2-21H,1H3;2-19H,1H3;2-17H,1H3;2-15H,1H3. The number of anilines is 8. The molecule has 4 aromatic heterocycles. The normalized spacial score (nSPS) is 11.0. The molecule has 0 atom stereocenters. The van der Waals surface area contributed by atoms with E-state index in [1.165, 1.54) is 27.2 Å². The Balaban J connectivity index is 0.000000109. The van der Waals surface area contributed by atoms with E-state index in [0.717, 1.165) is 130 Å². The summed E-state index contributed by atoms with van der Waals surface area (Å²) in [4.78, 5) is 28.5. The van der Waals surface area contributed by atoms with Crippen LogP contribution >= 0.6 is 0 Å². The lowest BCUT2D eigenvalue weighted by Crippen LogP contribution is -2.15. The zero-order chi connectivity index (χ0) is 75.7.